The summed E-state index contributed by atoms with van der Waals surface area (Å²) in [5.74, 6) is -1.01. The Morgan fingerprint density at radius 1 is 1.41 bits per heavy atom. The van der Waals surface area contributed by atoms with E-state index in [2.05, 4.69) is 10.2 Å². The van der Waals surface area contributed by atoms with Crippen molar-refractivity contribution in [2.75, 3.05) is 0 Å². The van der Waals surface area contributed by atoms with Gasteiger partial charge in [-0.3, -0.25) is 4.79 Å². The van der Waals surface area contributed by atoms with Crippen LogP contribution in [0.15, 0.2) is 23.4 Å². The molecule has 0 N–H and O–H groups in total. The summed E-state index contributed by atoms with van der Waals surface area (Å²) < 4.78 is 36.8. The standard InChI is InChI=1S/C10H7F3N2O2/c1-6-7(3-5-9(16)15-17)2-4-8(14-6)10(11,12)13/h2-5H,1H3/b5-3+. The molecule has 0 aliphatic carbocycles. The Kier molecular flexibility index (Phi) is 3.72. The predicted molar refractivity (Wildman–Crippen MR) is 53.8 cm³/mol. The summed E-state index contributed by atoms with van der Waals surface area (Å²) in [5, 5.41) is 2.11. The van der Waals surface area contributed by atoms with Gasteiger partial charge in [0, 0.05) is 16.9 Å². The molecule has 0 fully saturated rings. The maximum absolute atomic E-state index is 12.3. The number of aromatic nitrogens is 1. The first kappa shape index (κ1) is 13.0. The van der Waals surface area contributed by atoms with Crippen molar-refractivity contribution in [1.82, 2.24) is 4.98 Å². The number of nitroso groups, excluding NO2 is 1. The molecule has 1 heterocycles. The van der Waals surface area contributed by atoms with E-state index in [1.54, 1.807) is 0 Å². The van der Waals surface area contributed by atoms with E-state index in [1.165, 1.54) is 19.1 Å². The maximum Gasteiger partial charge on any atom is 0.433 e. The second-order valence-corrected chi connectivity index (χ2v) is 3.13. The molecule has 0 aliphatic heterocycles. The maximum atomic E-state index is 12.3. The molecule has 0 atom stereocenters. The number of alkyl halides is 3. The summed E-state index contributed by atoms with van der Waals surface area (Å²) in [5.41, 5.74) is -0.586. The second-order valence-electron chi connectivity index (χ2n) is 3.13. The average molecular weight is 244 g/mol. The Bertz CT molecular complexity index is 481. The van der Waals surface area contributed by atoms with E-state index in [0.717, 1.165) is 12.1 Å². The second kappa shape index (κ2) is 4.86. The summed E-state index contributed by atoms with van der Waals surface area (Å²) in [6, 6.07) is 1.96. The molecule has 0 aliphatic rings. The number of carbonyl (C=O) groups is 1. The van der Waals surface area contributed by atoms with Gasteiger partial charge in [0.05, 0.1) is 0 Å². The lowest BCUT2D eigenvalue weighted by molar-refractivity contribution is -0.141. The number of carbonyl (C=O) groups excluding carboxylic acids is 1. The molecular formula is C10H7F3N2O2. The highest BCUT2D eigenvalue weighted by atomic mass is 19.4. The highest BCUT2D eigenvalue weighted by Gasteiger charge is 2.32. The molecule has 90 valence electrons. The van der Waals surface area contributed by atoms with Crippen LogP contribution in [0.3, 0.4) is 0 Å². The van der Waals surface area contributed by atoms with Crippen LogP contribution in [0.25, 0.3) is 6.08 Å². The van der Waals surface area contributed by atoms with Crippen molar-refractivity contribution in [1.29, 1.82) is 0 Å². The molecule has 0 bridgehead atoms. The van der Waals surface area contributed by atoms with Crippen molar-refractivity contribution >= 4 is 12.0 Å². The van der Waals surface area contributed by atoms with Crippen molar-refractivity contribution in [3.05, 3.63) is 40.1 Å². The summed E-state index contributed by atoms with van der Waals surface area (Å²) in [7, 11) is 0. The van der Waals surface area contributed by atoms with E-state index in [-0.39, 0.29) is 5.69 Å². The van der Waals surface area contributed by atoms with Crippen LogP contribution < -0.4 is 0 Å². The van der Waals surface area contributed by atoms with E-state index >= 15 is 0 Å². The van der Waals surface area contributed by atoms with Crippen LogP contribution in [0.5, 0.6) is 0 Å². The number of amides is 1. The quantitative estimate of drug-likeness (QED) is 0.593. The summed E-state index contributed by atoms with van der Waals surface area (Å²) in [6.07, 6.45) is -2.45. The van der Waals surface area contributed by atoms with Gasteiger partial charge in [0.2, 0.25) is 0 Å². The van der Waals surface area contributed by atoms with Crippen LogP contribution in [0.2, 0.25) is 0 Å². The molecule has 0 radical (unpaired) electrons. The Hall–Kier alpha value is -2.05. The minimum atomic E-state index is -4.51. The van der Waals surface area contributed by atoms with Crippen LogP contribution in [0, 0.1) is 11.8 Å². The van der Waals surface area contributed by atoms with Gasteiger partial charge < -0.3 is 0 Å². The number of pyridine rings is 1. The topological polar surface area (TPSA) is 59.4 Å². The molecule has 0 unspecified atom stereocenters. The van der Waals surface area contributed by atoms with Gasteiger partial charge in [-0.2, -0.15) is 13.2 Å². The normalized spacial score (nSPS) is 11.8. The Balaban J connectivity index is 3.02. The molecular weight excluding hydrogens is 237 g/mol. The van der Waals surface area contributed by atoms with Gasteiger partial charge >= 0.3 is 12.1 Å². The van der Waals surface area contributed by atoms with Crippen LogP contribution in [-0.2, 0) is 11.0 Å². The molecule has 1 aromatic rings. The van der Waals surface area contributed by atoms with Crippen molar-refractivity contribution in [2.24, 2.45) is 5.18 Å². The van der Waals surface area contributed by atoms with Gasteiger partial charge in [0.15, 0.2) is 0 Å². The molecule has 1 rings (SSSR count). The van der Waals surface area contributed by atoms with Crippen LogP contribution in [0.4, 0.5) is 13.2 Å². The van der Waals surface area contributed by atoms with Crippen molar-refractivity contribution in [3.8, 4) is 0 Å². The van der Waals surface area contributed by atoms with E-state index in [4.69, 9.17) is 0 Å². The SMILES string of the molecule is Cc1nc(C(F)(F)F)ccc1/C=C/C(=O)N=O. The first-order valence-corrected chi connectivity index (χ1v) is 4.45. The van der Waals surface area contributed by atoms with E-state index < -0.39 is 17.8 Å². The average Bonchev–Trinajstić information content (AvgIpc) is 2.25. The number of nitrogens with zero attached hydrogens (tertiary/aromatic N) is 2. The summed E-state index contributed by atoms with van der Waals surface area (Å²) in [4.78, 5) is 23.7. The Morgan fingerprint density at radius 2 is 2.06 bits per heavy atom. The van der Waals surface area contributed by atoms with Gasteiger partial charge in [-0.05, 0) is 24.6 Å². The fourth-order valence-electron chi connectivity index (χ4n) is 1.10. The third-order valence-corrected chi connectivity index (χ3v) is 1.91. The predicted octanol–water partition coefficient (Wildman–Crippen LogP) is 2.72. The molecule has 0 saturated carbocycles. The van der Waals surface area contributed by atoms with E-state index in [1.807, 2.05) is 0 Å². The van der Waals surface area contributed by atoms with E-state index in [0.29, 0.717) is 5.56 Å². The number of rotatable bonds is 2. The third kappa shape index (κ3) is 3.47. The minimum absolute atomic E-state index is 0.106. The number of hydrogen-bond acceptors (Lipinski definition) is 3. The monoisotopic (exact) mass is 244 g/mol. The lowest BCUT2D eigenvalue weighted by Gasteiger charge is -2.07. The largest absolute Gasteiger partial charge is 0.433 e. The molecule has 1 aromatic heterocycles. The van der Waals surface area contributed by atoms with Gasteiger partial charge in [-0.25, -0.2) is 4.98 Å². The molecule has 1 amide bonds. The number of halogens is 3. The summed E-state index contributed by atoms with van der Waals surface area (Å²) in [6.45, 7) is 1.37. The Labute approximate surface area is 94.1 Å². The van der Waals surface area contributed by atoms with Crippen LogP contribution in [-0.4, -0.2) is 10.9 Å². The first-order chi connectivity index (χ1) is 7.84. The lowest BCUT2D eigenvalue weighted by Crippen LogP contribution is -2.08. The molecule has 0 aromatic carbocycles. The highest BCUT2D eigenvalue weighted by Crippen LogP contribution is 2.28. The first-order valence-electron chi connectivity index (χ1n) is 4.45. The fraction of sp³-hybridized carbons (Fsp3) is 0.200. The molecule has 7 heteroatoms. The van der Waals surface area contributed by atoms with Crippen LogP contribution >= 0.6 is 0 Å². The summed E-state index contributed by atoms with van der Waals surface area (Å²) >= 11 is 0. The zero-order valence-electron chi connectivity index (χ0n) is 8.65. The number of hydrogen-bond donors (Lipinski definition) is 0. The molecule has 0 saturated heterocycles. The molecule has 17 heavy (non-hydrogen) atoms. The zero-order valence-corrected chi connectivity index (χ0v) is 8.65. The van der Waals surface area contributed by atoms with Crippen LogP contribution in [0.1, 0.15) is 17.0 Å². The lowest BCUT2D eigenvalue weighted by atomic mass is 10.1. The highest BCUT2D eigenvalue weighted by molar-refractivity contribution is 5.92. The smallest absolute Gasteiger partial charge is 0.264 e. The number of aryl methyl sites for hydroxylation is 1. The zero-order chi connectivity index (χ0) is 13.1. The van der Waals surface area contributed by atoms with Gasteiger partial charge in [0.1, 0.15) is 5.69 Å². The van der Waals surface area contributed by atoms with E-state index in [9.17, 15) is 22.9 Å². The molecule has 4 nitrogen and oxygen atoms in total. The van der Waals surface area contributed by atoms with Gasteiger partial charge in [0.25, 0.3) is 0 Å². The van der Waals surface area contributed by atoms with Crippen molar-refractivity contribution in [2.45, 2.75) is 13.1 Å². The third-order valence-electron chi connectivity index (χ3n) is 1.91. The van der Waals surface area contributed by atoms with Gasteiger partial charge in [-0.1, -0.05) is 6.07 Å². The molecule has 0 spiro atoms. The van der Waals surface area contributed by atoms with Crippen molar-refractivity contribution in [3.63, 3.8) is 0 Å². The minimum Gasteiger partial charge on any atom is -0.264 e. The Morgan fingerprint density at radius 3 is 2.53 bits per heavy atom. The fourth-order valence-corrected chi connectivity index (χ4v) is 1.10. The van der Waals surface area contributed by atoms with Gasteiger partial charge in [-0.15, -0.1) is 4.91 Å². The van der Waals surface area contributed by atoms with Crippen molar-refractivity contribution < 1.29 is 18.0 Å².